The number of nitrogens with zero attached hydrogens (tertiary/aromatic N) is 19. The quantitative estimate of drug-likeness (QED) is 0.0462. The zero-order chi connectivity index (χ0) is 86.0. The summed E-state index contributed by atoms with van der Waals surface area (Å²) >= 11 is 0. The topological polar surface area (TPSA) is 366 Å². The van der Waals surface area contributed by atoms with E-state index < -0.39 is 5.60 Å². The Balaban J connectivity index is 0.000000139. The number of carbonyl (C=O) groups is 2. The van der Waals surface area contributed by atoms with Crippen molar-refractivity contribution in [1.82, 2.24) is 59.4 Å². The van der Waals surface area contributed by atoms with E-state index in [1.807, 2.05) is 66.9 Å². The Morgan fingerprint density at radius 1 is 0.424 bits per heavy atom. The van der Waals surface area contributed by atoms with Crippen LogP contribution in [0.2, 0.25) is 0 Å². The fraction of sp³-hybridized carbons (Fsp3) is 0.430. The first-order valence-electron chi connectivity index (χ1n) is 43.2. The van der Waals surface area contributed by atoms with E-state index in [-0.39, 0.29) is 36.5 Å². The molecular formula is C93H104N22O10. The van der Waals surface area contributed by atoms with Gasteiger partial charge in [0.15, 0.2) is 17.5 Å². The van der Waals surface area contributed by atoms with E-state index in [4.69, 9.17) is 48.4 Å². The number of pyridine rings is 1. The summed E-state index contributed by atoms with van der Waals surface area (Å²) in [7, 11) is 0. The van der Waals surface area contributed by atoms with Crippen molar-refractivity contribution >= 4 is 63.5 Å². The van der Waals surface area contributed by atoms with Gasteiger partial charge in [-0.2, -0.15) is 21.0 Å². The fourth-order valence-corrected chi connectivity index (χ4v) is 16.5. The molecule has 0 radical (unpaired) electrons. The molecule has 4 N–H and O–H groups in total. The molecule has 0 spiro atoms. The van der Waals surface area contributed by atoms with Gasteiger partial charge in [0.25, 0.3) is 5.91 Å². The minimum Gasteiger partial charge on any atom is -0.489 e. The fourth-order valence-electron chi connectivity index (χ4n) is 16.5. The number of nitriles is 4. The number of aliphatic hydroxyl groups is 1. The number of benzene rings is 5. The van der Waals surface area contributed by atoms with Crippen LogP contribution in [0.5, 0.6) is 17.2 Å². The van der Waals surface area contributed by atoms with Gasteiger partial charge in [0.05, 0.1) is 106 Å². The number of carbonyl (C=O) groups excluding carboxylic acids is 2. The summed E-state index contributed by atoms with van der Waals surface area (Å²) in [5, 5.41) is 58.3. The lowest BCUT2D eigenvalue weighted by molar-refractivity contribution is -0.149. The summed E-state index contributed by atoms with van der Waals surface area (Å²) in [6.45, 7) is 23.9. The molecule has 5 aromatic carbocycles. The average Bonchev–Trinajstić information content (AvgIpc) is 0.793. The lowest BCUT2D eigenvalue weighted by atomic mass is 10.0. The van der Waals surface area contributed by atoms with Gasteiger partial charge in [-0.3, -0.25) is 24.3 Å². The maximum atomic E-state index is 12.4. The Bertz CT molecular complexity index is 5330. The van der Waals surface area contributed by atoms with Crippen LogP contribution in [0.1, 0.15) is 75.5 Å². The predicted molar refractivity (Wildman–Crippen MR) is 470 cm³/mol. The zero-order valence-electron chi connectivity index (χ0n) is 70.5. The van der Waals surface area contributed by atoms with Gasteiger partial charge in [-0.1, -0.05) is 0 Å². The van der Waals surface area contributed by atoms with Crippen LogP contribution in [-0.2, 0) is 28.5 Å². The van der Waals surface area contributed by atoms with Gasteiger partial charge in [0, 0.05) is 201 Å². The molecule has 0 unspecified atom stereocenters. The highest BCUT2D eigenvalue weighted by atomic mass is 16.5. The molecule has 9 fully saturated rings. The van der Waals surface area contributed by atoms with Gasteiger partial charge < -0.3 is 78.7 Å². The Hall–Kier alpha value is -12.7. The van der Waals surface area contributed by atoms with Crippen LogP contribution in [0.15, 0.2) is 158 Å². The third-order valence-corrected chi connectivity index (χ3v) is 24.1. The summed E-state index contributed by atoms with van der Waals surface area (Å²) in [5.41, 5.74) is 7.20. The number of aromatic nitrogens is 7. The molecule has 13 heterocycles. The number of rotatable bonds is 23. The van der Waals surface area contributed by atoms with E-state index >= 15 is 0 Å². The molecule has 0 bridgehead atoms. The predicted octanol–water partition coefficient (Wildman–Crippen LogP) is 10.2. The minimum atomic E-state index is -1.39. The van der Waals surface area contributed by atoms with Crippen LogP contribution >= 0.6 is 0 Å². The highest BCUT2D eigenvalue weighted by Crippen LogP contribution is 2.35. The van der Waals surface area contributed by atoms with Crippen molar-refractivity contribution in [3.05, 3.63) is 175 Å². The van der Waals surface area contributed by atoms with E-state index in [9.17, 15) is 30.5 Å². The van der Waals surface area contributed by atoms with Gasteiger partial charge in [-0.15, -0.1) is 0 Å². The lowest BCUT2D eigenvalue weighted by Crippen LogP contribution is -2.56. The number of nitrogens with one attached hydrogen (secondary N) is 3. The molecule has 9 aliphatic heterocycles. The summed E-state index contributed by atoms with van der Waals surface area (Å²) in [5.74, 6) is 5.64. The number of hydrogen-bond donors (Lipinski definition) is 4. The zero-order valence-corrected chi connectivity index (χ0v) is 70.5. The van der Waals surface area contributed by atoms with Crippen LogP contribution < -0.4 is 44.9 Å². The number of anilines is 9. The van der Waals surface area contributed by atoms with Crippen molar-refractivity contribution in [3.8, 4) is 75.7 Å². The van der Waals surface area contributed by atoms with Gasteiger partial charge in [-0.25, -0.2) is 34.9 Å². The number of likely N-dealkylation sites (tertiary alicyclic amines) is 2. The Kier molecular flexibility index (Phi) is 28.0. The molecule has 0 atom stereocenters. The summed E-state index contributed by atoms with van der Waals surface area (Å²) in [6.07, 6.45) is 10.9. The Morgan fingerprint density at radius 2 is 0.784 bits per heavy atom. The van der Waals surface area contributed by atoms with Crippen molar-refractivity contribution in [1.29, 1.82) is 21.0 Å². The average molecular weight is 1690 g/mol. The van der Waals surface area contributed by atoms with E-state index in [0.717, 1.165) is 159 Å². The molecule has 2 amide bonds. The van der Waals surface area contributed by atoms with Gasteiger partial charge in [0.2, 0.25) is 5.91 Å². The normalized spacial score (nSPS) is 18.4. The standard InChI is InChI=1S/C33H39N7O4.C32H34N8O3.C28H31N7O3/c1-33(2,42)32(41)40-13-10-28(11-14-40)44-29-8-3-23(19-24(29)20-34)31-35-12-9-30(37-31)36-25-4-6-26(7-5-25)38-15-17-39(18-16-38)27-21-43-22-27;33-11-7-31(41)40-13-9-28(10-14-40)43-29-6-1-23(19-24(29)20-34)32-35-12-8-30(37-32)36-25-2-4-26(5-3-25)38-15-17-39(18-16-38)27-21-42-22-27;29-16-21-15-20(1-3-25(21)38-24-6-13-36-14-7-24)28-30-8-5-26(33-28)32-22-2-4-27(31-17-22)35-11-9-34(10-12-35)23-18-37-19-23/h3-9,12,19,27-28,42H,10-11,13-18,21-22H2,1-2H3,(H,35,36,37);1-6,8,12,19,27-28H,7,9-10,13-18,21-22H2,(H,35,36,37);1-5,8,15,17,23-24H,6-7,9-14,18-19H2,(H,30,32,33). The van der Waals surface area contributed by atoms with Crippen LogP contribution in [-0.4, -0.2) is 276 Å². The summed E-state index contributed by atoms with van der Waals surface area (Å²) < 4.78 is 39.8. The van der Waals surface area contributed by atoms with E-state index in [1.165, 1.54) is 25.2 Å². The second kappa shape index (κ2) is 40.7. The number of piperidine rings is 2. The van der Waals surface area contributed by atoms with E-state index in [2.05, 4.69) is 137 Å². The summed E-state index contributed by atoms with van der Waals surface area (Å²) in [6, 6.07) is 53.0. The molecule has 0 aliphatic carbocycles. The van der Waals surface area contributed by atoms with Crippen molar-refractivity contribution in [2.24, 2.45) is 0 Å². The largest absolute Gasteiger partial charge is 0.489 e. The second-order valence-corrected chi connectivity index (χ2v) is 32.9. The smallest absolute Gasteiger partial charge is 0.253 e. The maximum absolute atomic E-state index is 12.4. The van der Waals surface area contributed by atoms with Gasteiger partial charge >= 0.3 is 0 Å². The molecule has 0 saturated carbocycles. The van der Waals surface area contributed by atoms with Crippen LogP contribution in [0.25, 0.3) is 34.2 Å². The van der Waals surface area contributed by atoms with Crippen molar-refractivity contribution < 1.29 is 47.9 Å². The molecule has 646 valence electrons. The van der Waals surface area contributed by atoms with E-state index in [1.54, 1.807) is 58.7 Å². The molecule has 9 aliphatic rings. The monoisotopic (exact) mass is 1690 g/mol. The Labute approximate surface area is 727 Å². The highest BCUT2D eigenvalue weighted by Gasteiger charge is 2.36. The van der Waals surface area contributed by atoms with Gasteiger partial charge in [0.1, 0.15) is 89.1 Å². The molecule has 4 aromatic heterocycles. The van der Waals surface area contributed by atoms with Crippen molar-refractivity contribution in [2.75, 3.05) is 188 Å². The molecule has 32 nitrogen and oxygen atoms in total. The number of hydrogen-bond acceptors (Lipinski definition) is 30. The first-order valence-corrected chi connectivity index (χ1v) is 43.2. The molecule has 125 heavy (non-hydrogen) atoms. The van der Waals surface area contributed by atoms with Crippen molar-refractivity contribution in [2.45, 2.75) is 101 Å². The molecule has 9 saturated heterocycles. The molecule has 32 heteroatoms. The lowest BCUT2D eigenvalue weighted by Gasteiger charge is -2.43. The SMILES string of the molecule is CC(C)(O)C(=O)N1CCC(Oc2ccc(-c3nccc(Nc4ccc(N5CCN(C6COC6)CC5)cc4)n3)cc2C#N)CC1.N#CCC(=O)N1CCC(Oc2ccc(-c3nccc(Nc4ccc(N5CCN(C6COC6)CC5)cc4)n3)cc2C#N)CC1.N#Cc1cc(-c2nccc(Nc3ccc(N4CCN(C5COC5)CC4)nc3)n2)ccc1OC1CCOCC1. The molecular weight excluding hydrogens is 1590 g/mol. The first-order chi connectivity index (χ1) is 61.1. The number of amides is 2. The number of piperazine rings is 3. The second-order valence-electron chi connectivity index (χ2n) is 32.9. The highest BCUT2D eigenvalue weighted by molar-refractivity contribution is 5.84. The molecule has 18 rings (SSSR count). The first kappa shape index (κ1) is 85.8. The van der Waals surface area contributed by atoms with Crippen LogP contribution in [0.4, 0.5) is 51.7 Å². The van der Waals surface area contributed by atoms with Crippen LogP contribution in [0.3, 0.4) is 0 Å². The van der Waals surface area contributed by atoms with Gasteiger partial charge in [-0.05, 0) is 147 Å². The van der Waals surface area contributed by atoms with Crippen LogP contribution in [0, 0.1) is 45.3 Å². The summed E-state index contributed by atoms with van der Waals surface area (Å²) in [4.78, 5) is 74.5. The number of ether oxygens (including phenoxy) is 7. The third-order valence-electron chi connectivity index (χ3n) is 24.1. The van der Waals surface area contributed by atoms with E-state index in [0.29, 0.717) is 163 Å². The Morgan fingerprint density at radius 3 is 1.13 bits per heavy atom. The minimum absolute atomic E-state index is 0.0671. The maximum Gasteiger partial charge on any atom is 0.253 e. The third kappa shape index (κ3) is 22.1. The molecule has 9 aromatic rings. The van der Waals surface area contributed by atoms with Crippen molar-refractivity contribution in [3.63, 3.8) is 0 Å².